The monoisotopic (exact) mass is 347 g/mol. The van der Waals surface area contributed by atoms with Crippen LogP contribution in [-0.2, 0) is 0 Å². The number of carbonyl (C=O) groups excluding carboxylic acids is 1. The lowest BCUT2D eigenvalue weighted by Crippen LogP contribution is -2.11. The van der Waals surface area contributed by atoms with Crippen LogP contribution in [0, 0.1) is 6.92 Å². The molecule has 1 amide bonds. The predicted molar refractivity (Wildman–Crippen MR) is 88.9 cm³/mol. The van der Waals surface area contributed by atoms with Crippen LogP contribution in [0.25, 0.3) is 11.5 Å². The van der Waals surface area contributed by atoms with Crippen molar-refractivity contribution in [3.8, 4) is 11.5 Å². The van der Waals surface area contributed by atoms with Crippen molar-refractivity contribution in [2.75, 3.05) is 5.32 Å². The molecule has 1 heterocycles. The maximum atomic E-state index is 12.2. The fraction of sp³-hybridized carbons (Fsp3) is 0.0625. The third-order valence-corrected chi connectivity index (χ3v) is 3.84. The molecule has 0 fully saturated rings. The molecule has 0 spiro atoms. The zero-order valence-corrected chi connectivity index (χ0v) is 13.5. The van der Waals surface area contributed by atoms with Crippen LogP contribution < -0.4 is 5.32 Å². The lowest BCUT2D eigenvalue weighted by molar-refractivity contribution is 0.102. The average Bonchev–Trinajstić information content (AvgIpc) is 2.97. The first-order valence-corrected chi connectivity index (χ1v) is 7.45. The van der Waals surface area contributed by atoms with Gasteiger partial charge in [0.15, 0.2) is 0 Å². The van der Waals surface area contributed by atoms with E-state index in [2.05, 4.69) is 15.5 Å². The van der Waals surface area contributed by atoms with Crippen LogP contribution in [0.4, 0.5) is 5.69 Å². The van der Waals surface area contributed by atoms with Crippen molar-refractivity contribution in [3.63, 3.8) is 0 Å². The van der Waals surface area contributed by atoms with E-state index in [1.807, 2.05) is 0 Å². The highest BCUT2D eigenvalue weighted by atomic mass is 35.5. The van der Waals surface area contributed by atoms with Crippen molar-refractivity contribution in [1.82, 2.24) is 10.2 Å². The number of carbonyl (C=O) groups is 1. The highest BCUT2D eigenvalue weighted by Crippen LogP contribution is 2.24. The molecule has 0 unspecified atom stereocenters. The molecule has 2 aromatic carbocycles. The zero-order chi connectivity index (χ0) is 16.4. The molecule has 5 nitrogen and oxygen atoms in total. The largest absolute Gasteiger partial charge is 0.421 e. The summed E-state index contributed by atoms with van der Waals surface area (Å²) < 4.78 is 5.35. The molecule has 3 rings (SSSR count). The Labute approximate surface area is 142 Å². The number of rotatable bonds is 3. The van der Waals surface area contributed by atoms with Crippen molar-refractivity contribution in [3.05, 3.63) is 64.0 Å². The zero-order valence-electron chi connectivity index (χ0n) is 12.0. The Morgan fingerprint density at radius 1 is 1.04 bits per heavy atom. The third kappa shape index (κ3) is 3.52. The van der Waals surface area contributed by atoms with Gasteiger partial charge in [0.1, 0.15) is 0 Å². The number of amides is 1. The van der Waals surface area contributed by atoms with Gasteiger partial charge in [0, 0.05) is 23.7 Å². The van der Waals surface area contributed by atoms with Crippen LogP contribution in [0.5, 0.6) is 0 Å². The molecule has 1 N–H and O–H groups in total. The van der Waals surface area contributed by atoms with Gasteiger partial charge in [0.25, 0.3) is 5.91 Å². The number of aromatic nitrogens is 2. The minimum atomic E-state index is -0.273. The van der Waals surface area contributed by atoms with E-state index in [1.165, 1.54) is 6.07 Å². The molecule has 0 bridgehead atoms. The SMILES string of the molecule is Cc1nnc(-c2ccc(NC(=O)c3ccc(Cl)c(Cl)c3)cc2)o1. The number of halogens is 2. The molecule has 23 heavy (non-hydrogen) atoms. The quantitative estimate of drug-likeness (QED) is 0.751. The van der Waals surface area contributed by atoms with Gasteiger partial charge in [-0.2, -0.15) is 0 Å². The molecule has 0 saturated heterocycles. The smallest absolute Gasteiger partial charge is 0.255 e. The average molecular weight is 348 g/mol. The Morgan fingerprint density at radius 3 is 2.39 bits per heavy atom. The molecule has 0 aliphatic carbocycles. The Balaban J connectivity index is 1.75. The summed E-state index contributed by atoms with van der Waals surface area (Å²) in [5.41, 5.74) is 1.84. The van der Waals surface area contributed by atoms with E-state index in [9.17, 15) is 4.79 Å². The Hall–Kier alpha value is -2.37. The number of anilines is 1. The summed E-state index contributed by atoms with van der Waals surface area (Å²) in [6.07, 6.45) is 0. The molecular formula is C16H11Cl2N3O2. The Kier molecular flexibility index (Phi) is 4.32. The standard InChI is InChI=1S/C16H11Cl2N3O2/c1-9-20-21-16(23-9)10-2-5-12(6-3-10)19-15(22)11-4-7-13(17)14(18)8-11/h2-8H,1H3,(H,19,22). The van der Waals surface area contributed by atoms with Crippen molar-refractivity contribution in [2.24, 2.45) is 0 Å². The van der Waals surface area contributed by atoms with Gasteiger partial charge in [-0.3, -0.25) is 4.79 Å². The number of nitrogens with one attached hydrogen (secondary N) is 1. The molecule has 0 saturated carbocycles. The van der Waals surface area contributed by atoms with Crippen molar-refractivity contribution in [1.29, 1.82) is 0 Å². The second kappa shape index (κ2) is 6.40. The number of hydrogen-bond acceptors (Lipinski definition) is 4. The van der Waals surface area contributed by atoms with Crippen LogP contribution >= 0.6 is 23.2 Å². The van der Waals surface area contributed by atoms with E-state index in [0.29, 0.717) is 33.1 Å². The maximum Gasteiger partial charge on any atom is 0.255 e. The maximum absolute atomic E-state index is 12.2. The molecule has 0 atom stereocenters. The Bertz CT molecular complexity index is 860. The molecular weight excluding hydrogens is 337 g/mol. The van der Waals surface area contributed by atoms with Crippen molar-refractivity contribution in [2.45, 2.75) is 6.92 Å². The fourth-order valence-corrected chi connectivity index (χ4v) is 2.25. The first-order valence-electron chi connectivity index (χ1n) is 6.70. The number of benzene rings is 2. The molecule has 1 aromatic heterocycles. The van der Waals surface area contributed by atoms with Gasteiger partial charge < -0.3 is 9.73 Å². The minimum Gasteiger partial charge on any atom is -0.421 e. The van der Waals surface area contributed by atoms with Gasteiger partial charge in [-0.25, -0.2) is 0 Å². The summed E-state index contributed by atoms with van der Waals surface area (Å²) in [5, 5.41) is 11.2. The van der Waals surface area contributed by atoms with E-state index in [-0.39, 0.29) is 5.91 Å². The van der Waals surface area contributed by atoms with Crippen molar-refractivity contribution >= 4 is 34.8 Å². The van der Waals surface area contributed by atoms with E-state index < -0.39 is 0 Å². The predicted octanol–water partition coefficient (Wildman–Crippen LogP) is 4.60. The first kappa shape index (κ1) is 15.5. The van der Waals surface area contributed by atoms with Gasteiger partial charge in [-0.15, -0.1) is 10.2 Å². The number of hydrogen-bond donors (Lipinski definition) is 1. The summed E-state index contributed by atoms with van der Waals surface area (Å²) in [5.74, 6) is 0.659. The lowest BCUT2D eigenvalue weighted by Gasteiger charge is -2.06. The highest BCUT2D eigenvalue weighted by molar-refractivity contribution is 6.42. The van der Waals surface area contributed by atoms with Crippen LogP contribution in [0.15, 0.2) is 46.9 Å². The summed E-state index contributed by atoms with van der Waals surface area (Å²) >= 11 is 11.8. The van der Waals surface area contributed by atoms with Gasteiger partial charge in [0.05, 0.1) is 10.0 Å². The molecule has 3 aromatic rings. The van der Waals surface area contributed by atoms with E-state index in [1.54, 1.807) is 43.3 Å². The van der Waals surface area contributed by atoms with Gasteiger partial charge in [-0.05, 0) is 42.5 Å². The van der Waals surface area contributed by atoms with E-state index in [0.717, 1.165) is 5.56 Å². The third-order valence-electron chi connectivity index (χ3n) is 3.10. The lowest BCUT2D eigenvalue weighted by atomic mass is 10.2. The normalized spacial score (nSPS) is 10.6. The topological polar surface area (TPSA) is 68.0 Å². The number of aryl methyl sites for hydroxylation is 1. The van der Waals surface area contributed by atoms with Gasteiger partial charge >= 0.3 is 0 Å². The molecule has 7 heteroatoms. The summed E-state index contributed by atoms with van der Waals surface area (Å²) in [6.45, 7) is 1.72. The summed E-state index contributed by atoms with van der Waals surface area (Å²) in [7, 11) is 0. The molecule has 0 aliphatic heterocycles. The van der Waals surface area contributed by atoms with Crippen LogP contribution in [-0.4, -0.2) is 16.1 Å². The highest BCUT2D eigenvalue weighted by Gasteiger charge is 2.10. The van der Waals surface area contributed by atoms with E-state index in [4.69, 9.17) is 27.6 Å². The minimum absolute atomic E-state index is 0.273. The Morgan fingerprint density at radius 2 is 1.78 bits per heavy atom. The van der Waals surface area contributed by atoms with Crippen LogP contribution in [0.3, 0.4) is 0 Å². The van der Waals surface area contributed by atoms with Crippen LogP contribution in [0.2, 0.25) is 10.0 Å². The summed E-state index contributed by atoms with van der Waals surface area (Å²) in [4.78, 5) is 12.2. The first-order chi connectivity index (χ1) is 11.0. The second-order valence-electron chi connectivity index (χ2n) is 4.79. The summed E-state index contributed by atoms with van der Waals surface area (Å²) in [6, 6.07) is 11.8. The molecule has 0 radical (unpaired) electrons. The number of nitrogens with zero attached hydrogens (tertiary/aromatic N) is 2. The van der Waals surface area contributed by atoms with Crippen molar-refractivity contribution < 1.29 is 9.21 Å². The fourth-order valence-electron chi connectivity index (χ4n) is 1.95. The van der Waals surface area contributed by atoms with Gasteiger partial charge in [-0.1, -0.05) is 23.2 Å². The molecule has 0 aliphatic rings. The van der Waals surface area contributed by atoms with Gasteiger partial charge in [0.2, 0.25) is 11.8 Å². The van der Waals surface area contributed by atoms with Crippen LogP contribution in [0.1, 0.15) is 16.2 Å². The molecule has 116 valence electrons. The van der Waals surface area contributed by atoms with E-state index >= 15 is 0 Å². The second-order valence-corrected chi connectivity index (χ2v) is 5.60.